The Kier molecular flexibility index (Phi) is 5.12. The monoisotopic (exact) mass is 420 g/mol. The van der Waals surface area contributed by atoms with Crippen LogP contribution in [0.25, 0.3) is 5.76 Å². The standard InChI is InChI=1S/C23H17FN2O5/c1-13(27)25-16-8-10-17(11-9-16)26-20(18-3-2-12-31-18)19(22(29)23(26)30)21(28)14-4-6-15(24)7-5-14/h2-12,20,28H,1H3,(H,25,27)/b21-19-. The Morgan fingerprint density at radius 1 is 1.06 bits per heavy atom. The first-order valence-electron chi connectivity index (χ1n) is 9.35. The number of hydrogen-bond acceptors (Lipinski definition) is 5. The van der Waals surface area contributed by atoms with Crippen LogP contribution in [0.3, 0.4) is 0 Å². The zero-order valence-electron chi connectivity index (χ0n) is 16.3. The van der Waals surface area contributed by atoms with Gasteiger partial charge in [0.2, 0.25) is 5.91 Å². The molecular formula is C23H17FN2O5. The van der Waals surface area contributed by atoms with E-state index < -0.39 is 29.3 Å². The van der Waals surface area contributed by atoms with E-state index in [1.54, 1.807) is 36.4 Å². The van der Waals surface area contributed by atoms with Gasteiger partial charge >= 0.3 is 0 Å². The minimum absolute atomic E-state index is 0.169. The number of rotatable bonds is 4. The lowest BCUT2D eigenvalue weighted by molar-refractivity contribution is -0.132. The topological polar surface area (TPSA) is 99.9 Å². The van der Waals surface area contributed by atoms with E-state index in [2.05, 4.69) is 5.32 Å². The van der Waals surface area contributed by atoms with E-state index in [4.69, 9.17) is 4.42 Å². The minimum atomic E-state index is -1.02. The van der Waals surface area contributed by atoms with Gasteiger partial charge < -0.3 is 14.8 Å². The summed E-state index contributed by atoms with van der Waals surface area (Å²) in [5.41, 5.74) is 0.916. The molecule has 1 saturated heterocycles. The third kappa shape index (κ3) is 3.71. The van der Waals surface area contributed by atoms with Crippen LogP contribution in [-0.4, -0.2) is 22.7 Å². The zero-order chi connectivity index (χ0) is 22.1. The van der Waals surface area contributed by atoms with Crippen molar-refractivity contribution in [3.05, 3.63) is 89.6 Å². The number of carbonyl (C=O) groups excluding carboxylic acids is 3. The van der Waals surface area contributed by atoms with Gasteiger partial charge in [-0.1, -0.05) is 0 Å². The number of ketones is 1. The fraction of sp³-hybridized carbons (Fsp3) is 0.0870. The number of Topliss-reactive ketones (excluding diaryl/α,β-unsaturated/α-hetero) is 1. The summed E-state index contributed by atoms with van der Waals surface area (Å²) < 4.78 is 18.8. The van der Waals surface area contributed by atoms with Crippen LogP contribution >= 0.6 is 0 Å². The molecule has 0 spiro atoms. The molecule has 2 N–H and O–H groups in total. The van der Waals surface area contributed by atoms with Gasteiger partial charge in [-0.2, -0.15) is 0 Å². The summed E-state index contributed by atoms with van der Waals surface area (Å²) >= 11 is 0. The molecule has 7 nitrogen and oxygen atoms in total. The summed E-state index contributed by atoms with van der Waals surface area (Å²) in [7, 11) is 0. The number of aliphatic hydroxyl groups excluding tert-OH is 1. The fourth-order valence-corrected chi connectivity index (χ4v) is 3.49. The van der Waals surface area contributed by atoms with Gasteiger partial charge in [0.25, 0.3) is 11.7 Å². The van der Waals surface area contributed by atoms with Gasteiger partial charge in [0.1, 0.15) is 23.4 Å². The van der Waals surface area contributed by atoms with Crippen molar-refractivity contribution in [1.82, 2.24) is 0 Å². The second-order valence-corrected chi connectivity index (χ2v) is 6.92. The normalized spacial score (nSPS) is 17.7. The van der Waals surface area contributed by atoms with Crippen LogP contribution in [0, 0.1) is 5.82 Å². The predicted octanol–water partition coefficient (Wildman–Crippen LogP) is 4.00. The third-order valence-corrected chi connectivity index (χ3v) is 4.84. The lowest BCUT2D eigenvalue weighted by Crippen LogP contribution is -2.29. The number of furan rings is 1. The van der Waals surface area contributed by atoms with E-state index in [0.717, 1.165) is 12.1 Å². The summed E-state index contributed by atoms with van der Waals surface area (Å²) in [4.78, 5) is 38.3. The van der Waals surface area contributed by atoms with Crippen LogP contribution in [0.15, 0.2) is 76.9 Å². The van der Waals surface area contributed by atoms with Crippen molar-refractivity contribution >= 4 is 34.7 Å². The Morgan fingerprint density at radius 3 is 2.32 bits per heavy atom. The molecule has 2 heterocycles. The number of halogens is 1. The van der Waals surface area contributed by atoms with Crippen molar-refractivity contribution < 1.29 is 28.3 Å². The lowest BCUT2D eigenvalue weighted by atomic mass is 9.99. The van der Waals surface area contributed by atoms with Crippen LogP contribution in [0.5, 0.6) is 0 Å². The first kappa shape index (κ1) is 20.1. The molecular weight excluding hydrogens is 403 g/mol. The summed E-state index contributed by atoms with van der Waals surface area (Å²) in [6, 6.07) is 13.4. The van der Waals surface area contributed by atoms with E-state index >= 15 is 0 Å². The molecule has 0 bridgehead atoms. The van der Waals surface area contributed by atoms with Crippen LogP contribution in [0.1, 0.15) is 24.3 Å². The second-order valence-electron chi connectivity index (χ2n) is 6.92. The van der Waals surface area contributed by atoms with E-state index in [0.29, 0.717) is 11.4 Å². The summed E-state index contributed by atoms with van der Waals surface area (Å²) in [6.45, 7) is 1.37. The minimum Gasteiger partial charge on any atom is -0.507 e. The van der Waals surface area contributed by atoms with E-state index in [9.17, 15) is 23.9 Å². The van der Waals surface area contributed by atoms with E-state index in [1.807, 2.05) is 0 Å². The molecule has 0 saturated carbocycles. The molecule has 31 heavy (non-hydrogen) atoms. The molecule has 4 rings (SSSR count). The van der Waals surface area contributed by atoms with Gasteiger partial charge in [-0.25, -0.2) is 4.39 Å². The maximum Gasteiger partial charge on any atom is 0.300 e. The Balaban J connectivity index is 1.83. The smallest absolute Gasteiger partial charge is 0.300 e. The van der Waals surface area contributed by atoms with Crippen molar-refractivity contribution in [1.29, 1.82) is 0 Å². The number of amides is 2. The number of anilines is 2. The molecule has 0 radical (unpaired) electrons. The highest BCUT2D eigenvalue weighted by Gasteiger charge is 2.48. The molecule has 1 aliphatic heterocycles. The molecule has 1 aromatic heterocycles. The SMILES string of the molecule is CC(=O)Nc1ccc(N2C(=O)C(=O)/C(=C(\O)c3ccc(F)cc3)C2c2ccco2)cc1. The van der Waals surface area contributed by atoms with Gasteiger partial charge in [-0.3, -0.25) is 19.3 Å². The largest absolute Gasteiger partial charge is 0.507 e. The molecule has 1 atom stereocenters. The Morgan fingerprint density at radius 2 is 1.74 bits per heavy atom. The molecule has 1 aliphatic rings. The molecule has 0 aliphatic carbocycles. The highest BCUT2D eigenvalue weighted by atomic mass is 19.1. The van der Waals surface area contributed by atoms with Gasteiger partial charge in [0, 0.05) is 23.9 Å². The highest BCUT2D eigenvalue weighted by molar-refractivity contribution is 6.51. The number of nitrogens with zero attached hydrogens (tertiary/aromatic N) is 1. The summed E-state index contributed by atoms with van der Waals surface area (Å²) in [5, 5.41) is 13.5. The number of aliphatic hydroxyl groups is 1. The van der Waals surface area contributed by atoms with Crippen LogP contribution in [0.4, 0.5) is 15.8 Å². The molecule has 3 aromatic rings. The fourth-order valence-electron chi connectivity index (χ4n) is 3.49. The molecule has 8 heteroatoms. The van der Waals surface area contributed by atoms with Crippen LogP contribution in [-0.2, 0) is 14.4 Å². The number of nitrogens with one attached hydrogen (secondary N) is 1. The van der Waals surface area contributed by atoms with E-state index in [-0.39, 0.29) is 22.8 Å². The molecule has 1 fully saturated rings. The first-order chi connectivity index (χ1) is 14.9. The lowest BCUT2D eigenvalue weighted by Gasteiger charge is -2.23. The van der Waals surface area contributed by atoms with Gasteiger partial charge in [-0.15, -0.1) is 0 Å². The Labute approximate surface area is 176 Å². The number of carbonyl (C=O) groups is 3. The average Bonchev–Trinajstić information content (AvgIpc) is 3.36. The predicted molar refractivity (Wildman–Crippen MR) is 111 cm³/mol. The zero-order valence-corrected chi connectivity index (χ0v) is 16.3. The van der Waals surface area contributed by atoms with Crippen molar-refractivity contribution in [3.63, 3.8) is 0 Å². The van der Waals surface area contributed by atoms with E-state index in [1.165, 1.54) is 30.2 Å². The first-order valence-corrected chi connectivity index (χ1v) is 9.35. The highest BCUT2D eigenvalue weighted by Crippen LogP contribution is 2.42. The Bertz CT molecular complexity index is 1180. The van der Waals surface area contributed by atoms with Crippen LogP contribution < -0.4 is 10.2 Å². The van der Waals surface area contributed by atoms with Crippen LogP contribution in [0.2, 0.25) is 0 Å². The summed E-state index contributed by atoms with van der Waals surface area (Å²) in [6.07, 6.45) is 1.40. The van der Waals surface area contributed by atoms with Gasteiger partial charge in [0.05, 0.1) is 11.8 Å². The van der Waals surface area contributed by atoms with Gasteiger partial charge in [0.15, 0.2) is 0 Å². The quantitative estimate of drug-likeness (QED) is 0.378. The third-order valence-electron chi connectivity index (χ3n) is 4.84. The molecule has 1 unspecified atom stereocenters. The number of hydrogen-bond donors (Lipinski definition) is 2. The molecule has 2 aromatic carbocycles. The van der Waals surface area contributed by atoms with Crippen molar-refractivity contribution in [2.45, 2.75) is 13.0 Å². The average molecular weight is 420 g/mol. The second kappa shape index (κ2) is 7.91. The number of benzene rings is 2. The maximum atomic E-state index is 13.3. The van der Waals surface area contributed by atoms with Crippen molar-refractivity contribution in [2.75, 3.05) is 10.2 Å². The summed E-state index contributed by atoms with van der Waals surface area (Å²) in [5.74, 6) is -2.65. The van der Waals surface area contributed by atoms with Crippen molar-refractivity contribution in [2.24, 2.45) is 0 Å². The Hall–Kier alpha value is -4.20. The van der Waals surface area contributed by atoms with Crippen molar-refractivity contribution in [3.8, 4) is 0 Å². The van der Waals surface area contributed by atoms with Gasteiger partial charge in [-0.05, 0) is 60.7 Å². The molecule has 2 amide bonds. The molecule has 156 valence electrons. The maximum absolute atomic E-state index is 13.3.